The van der Waals surface area contributed by atoms with E-state index in [9.17, 15) is 0 Å². The second-order valence-electron chi connectivity index (χ2n) is 3.51. The van der Waals surface area contributed by atoms with Crippen LogP contribution >= 0.6 is 0 Å². The van der Waals surface area contributed by atoms with Crippen molar-refractivity contribution >= 4 is 7.28 Å². The maximum Gasteiger partial charge on any atom is 0.182 e. The van der Waals surface area contributed by atoms with E-state index in [0.717, 1.165) is 20.5 Å². The highest BCUT2D eigenvalue weighted by atomic mass is 16.7. The molecular formula is C9H13BO2. The van der Waals surface area contributed by atoms with Gasteiger partial charge in [-0.1, -0.05) is 24.8 Å². The second-order valence-corrected chi connectivity index (χ2v) is 3.51. The van der Waals surface area contributed by atoms with E-state index in [0.29, 0.717) is 6.79 Å². The van der Waals surface area contributed by atoms with Gasteiger partial charge in [0.1, 0.15) is 6.79 Å². The summed E-state index contributed by atoms with van der Waals surface area (Å²) in [5, 5.41) is 0. The van der Waals surface area contributed by atoms with Crippen LogP contribution in [0.15, 0.2) is 22.1 Å². The van der Waals surface area contributed by atoms with Gasteiger partial charge in [0.2, 0.25) is 0 Å². The zero-order valence-electron chi connectivity index (χ0n) is 7.64. The smallest absolute Gasteiger partial charge is 0.182 e. The molecule has 0 aromatic heterocycles. The summed E-state index contributed by atoms with van der Waals surface area (Å²) in [5.74, 6) is 0. The summed E-state index contributed by atoms with van der Waals surface area (Å²) in [5.41, 5.74) is 5.66. The third-order valence-electron chi connectivity index (χ3n) is 2.58. The molecule has 2 aliphatic rings. The molecule has 1 saturated heterocycles. The minimum atomic E-state index is 0.438. The molecule has 0 aromatic rings. The number of allylic oxidation sites excluding steroid dienone is 2. The van der Waals surface area contributed by atoms with Gasteiger partial charge in [-0.3, -0.25) is 0 Å². The predicted octanol–water partition coefficient (Wildman–Crippen LogP) is 0.989. The van der Waals surface area contributed by atoms with E-state index in [1.165, 1.54) is 22.1 Å². The van der Waals surface area contributed by atoms with Gasteiger partial charge in [0, 0.05) is 0 Å². The SMILES string of the molecule is CC1=C2COCOCC2=C(C)B1. The summed E-state index contributed by atoms with van der Waals surface area (Å²) in [6.07, 6.45) is 0. The second kappa shape index (κ2) is 3.07. The van der Waals surface area contributed by atoms with E-state index in [1.807, 2.05) is 0 Å². The van der Waals surface area contributed by atoms with Crippen molar-refractivity contribution < 1.29 is 9.47 Å². The lowest BCUT2D eigenvalue weighted by Crippen LogP contribution is -1.98. The Labute approximate surface area is 73.5 Å². The Morgan fingerprint density at radius 1 is 1.00 bits per heavy atom. The summed E-state index contributed by atoms with van der Waals surface area (Å²) < 4.78 is 10.6. The molecule has 12 heavy (non-hydrogen) atoms. The van der Waals surface area contributed by atoms with Gasteiger partial charge in [-0.05, 0) is 11.1 Å². The average molecular weight is 164 g/mol. The standard InChI is InChI=1S/C9H13BO2/c1-6-8-3-11-5-12-4-9(8)7(2)10-6/h10H,3-5H2,1-2H3. The highest BCUT2D eigenvalue weighted by molar-refractivity contribution is 6.55. The maximum absolute atomic E-state index is 5.31. The van der Waals surface area contributed by atoms with Crippen LogP contribution in [-0.2, 0) is 9.47 Å². The molecule has 0 N–H and O–H groups in total. The summed E-state index contributed by atoms with van der Waals surface area (Å²) in [7, 11) is 1.11. The summed E-state index contributed by atoms with van der Waals surface area (Å²) in [6, 6.07) is 0. The summed E-state index contributed by atoms with van der Waals surface area (Å²) in [6.45, 7) is 6.27. The van der Waals surface area contributed by atoms with Crippen LogP contribution in [0.5, 0.6) is 0 Å². The Morgan fingerprint density at radius 2 is 1.50 bits per heavy atom. The van der Waals surface area contributed by atoms with Gasteiger partial charge in [0.05, 0.1) is 13.2 Å². The lowest BCUT2D eigenvalue weighted by atomic mass is 9.67. The average Bonchev–Trinajstić information content (AvgIpc) is 2.29. The van der Waals surface area contributed by atoms with Crippen molar-refractivity contribution in [2.75, 3.05) is 20.0 Å². The Kier molecular flexibility index (Phi) is 2.07. The first-order chi connectivity index (χ1) is 5.79. The quantitative estimate of drug-likeness (QED) is 0.497. The molecule has 3 heteroatoms. The molecular weight excluding hydrogens is 151 g/mol. The first kappa shape index (κ1) is 8.08. The lowest BCUT2D eigenvalue weighted by molar-refractivity contribution is -0.0259. The first-order valence-electron chi connectivity index (χ1n) is 4.32. The van der Waals surface area contributed by atoms with Crippen LogP contribution in [0.1, 0.15) is 13.8 Å². The van der Waals surface area contributed by atoms with Crippen LogP contribution in [0, 0.1) is 0 Å². The summed E-state index contributed by atoms with van der Waals surface area (Å²) >= 11 is 0. The number of fused-ring (bicyclic) bond motifs is 1. The van der Waals surface area contributed by atoms with Gasteiger partial charge < -0.3 is 9.47 Å². The molecule has 0 amide bonds. The highest BCUT2D eigenvalue weighted by Gasteiger charge is 2.22. The molecule has 0 aromatic carbocycles. The molecule has 0 radical (unpaired) electrons. The van der Waals surface area contributed by atoms with Crippen molar-refractivity contribution in [3.63, 3.8) is 0 Å². The van der Waals surface area contributed by atoms with E-state index in [1.54, 1.807) is 0 Å². The fourth-order valence-electron chi connectivity index (χ4n) is 1.89. The van der Waals surface area contributed by atoms with E-state index in [-0.39, 0.29) is 0 Å². The topological polar surface area (TPSA) is 18.5 Å². The number of rotatable bonds is 0. The molecule has 64 valence electrons. The molecule has 0 spiro atoms. The Bertz CT molecular complexity index is 240. The number of hydrogen-bond donors (Lipinski definition) is 0. The minimum absolute atomic E-state index is 0.438. The summed E-state index contributed by atoms with van der Waals surface area (Å²) in [4.78, 5) is 0. The molecule has 2 heterocycles. The zero-order valence-corrected chi connectivity index (χ0v) is 7.64. The number of ether oxygens (including phenoxy) is 2. The van der Waals surface area contributed by atoms with Crippen LogP contribution in [-0.4, -0.2) is 27.3 Å². The Balaban J connectivity index is 2.32. The lowest BCUT2D eigenvalue weighted by Gasteiger charge is -2.03. The van der Waals surface area contributed by atoms with Gasteiger partial charge in [-0.2, -0.15) is 0 Å². The van der Waals surface area contributed by atoms with Gasteiger partial charge in [-0.25, -0.2) is 0 Å². The molecule has 0 saturated carbocycles. The van der Waals surface area contributed by atoms with Gasteiger partial charge >= 0.3 is 0 Å². The third-order valence-corrected chi connectivity index (χ3v) is 2.58. The van der Waals surface area contributed by atoms with Crippen molar-refractivity contribution in [2.45, 2.75) is 13.8 Å². The fourth-order valence-corrected chi connectivity index (χ4v) is 1.89. The van der Waals surface area contributed by atoms with Crippen LogP contribution in [0.25, 0.3) is 0 Å². The van der Waals surface area contributed by atoms with Crippen molar-refractivity contribution in [3.05, 3.63) is 22.1 Å². The van der Waals surface area contributed by atoms with E-state index >= 15 is 0 Å². The third kappa shape index (κ3) is 1.23. The van der Waals surface area contributed by atoms with Crippen LogP contribution in [0.2, 0.25) is 0 Å². The van der Waals surface area contributed by atoms with Gasteiger partial charge in [-0.15, -0.1) is 0 Å². The number of hydrogen-bond acceptors (Lipinski definition) is 2. The molecule has 0 unspecified atom stereocenters. The van der Waals surface area contributed by atoms with Crippen LogP contribution in [0.3, 0.4) is 0 Å². The maximum atomic E-state index is 5.31. The molecule has 2 aliphatic heterocycles. The molecule has 0 atom stereocenters. The molecule has 2 nitrogen and oxygen atoms in total. The van der Waals surface area contributed by atoms with Crippen molar-refractivity contribution in [3.8, 4) is 0 Å². The monoisotopic (exact) mass is 164 g/mol. The largest absolute Gasteiger partial charge is 0.351 e. The van der Waals surface area contributed by atoms with Crippen LogP contribution in [0.4, 0.5) is 0 Å². The zero-order chi connectivity index (χ0) is 8.55. The normalized spacial score (nSPS) is 23.8. The van der Waals surface area contributed by atoms with E-state index in [4.69, 9.17) is 9.47 Å². The van der Waals surface area contributed by atoms with Gasteiger partial charge in [0.25, 0.3) is 0 Å². The fraction of sp³-hybridized carbons (Fsp3) is 0.556. The minimum Gasteiger partial charge on any atom is -0.351 e. The molecule has 2 rings (SSSR count). The Morgan fingerprint density at radius 3 is 2.00 bits per heavy atom. The van der Waals surface area contributed by atoms with Gasteiger partial charge in [0.15, 0.2) is 7.28 Å². The molecule has 0 bridgehead atoms. The first-order valence-corrected chi connectivity index (χ1v) is 4.32. The molecule has 0 aliphatic carbocycles. The van der Waals surface area contributed by atoms with Crippen molar-refractivity contribution in [1.82, 2.24) is 0 Å². The van der Waals surface area contributed by atoms with Crippen LogP contribution < -0.4 is 0 Å². The molecule has 1 fully saturated rings. The predicted molar refractivity (Wildman–Crippen MR) is 49.3 cm³/mol. The van der Waals surface area contributed by atoms with Crippen molar-refractivity contribution in [2.24, 2.45) is 0 Å². The highest BCUT2D eigenvalue weighted by Crippen LogP contribution is 2.28. The van der Waals surface area contributed by atoms with E-state index in [2.05, 4.69) is 13.8 Å². The van der Waals surface area contributed by atoms with E-state index < -0.39 is 0 Å². The van der Waals surface area contributed by atoms with Crippen molar-refractivity contribution in [1.29, 1.82) is 0 Å². The Hall–Kier alpha value is -0.535.